The molecule has 3 nitrogen and oxygen atoms in total. The Balaban J connectivity index is 2.73. The number of carbonyl (C=O) groups is 1. The van der Waals surface area contributed by atoms with E-state index in [4.69, 9.17) is 4.74 Å². The molecule has 0 aliphatic heterocycles. The summed E-state index contributed by atoms with van der Waals surface area (Å²) in [5.74, 6) is -0.570. The number of rotatable bonds is 5. The molecule has 1 unspecified atom stereocenters. The molecular formula is C12H15FO3S. The number of hydrogen-bond acceptors (Lipinski definition) is 4. The molecule has 0 saturated heterocycles. The summed E-state index contributed by atoms with van der Waals surface area (Å²) in [6.45, 7) is 3.64. The zero-order valence-corrected chi connectivity index (χ0v) is 10.6. The van der Waals surface area contributed by atoms with Crippen LogP contribution in [0.1, 0.15) is 25.5 Å². The van der Waals surface area contributed by atoms with Crippen LogP contribution in [-0.2, 0) is 9.53 Å². The molecule has 1 aromatic carbocycles. The summed E-state index contributed by atoms with van der Waals surface area (Å²) < 4.78 is 17.8. The molecule has 0 fully saturated rings. The summed E-state index contributed by atoms with van der Waals surface area (Å²) in [6, 6.07) is 4.14. The van der Waals surface area contributed by atoms with Crippen molar-refractivity contribution in [2.45, 2.75) is 24.8 Å². The molecule has 94 valence electrons. The van der Waals surface area contributed by atoms with E-state index >= 15 is 0 Å². The maximum Gasteiger partial charge on any atom is 0.316 e. The predicted molar refractivity (Wildman–Crippen MR) is 64.4 cm³/mol. The van der Waals surface area contributed by atoms with Crippen LogP contribution < -0.4 is 0 Å². The zero-order valence-electron chi connectivity index (χ0n) is 9.77. The third-order valence-corrected chi connectivity index (χ3v) is 3.14. The van der Waals surface area contributed by atoms with Crippen molar-refractivity contribution in [2.24, 2.45) is 0 Å². The van der Waals surface area contributed by atoms with E-state index in [0.717, 1.165) is 0 Å². The Morgan fingerprint density at radius 2 is 2.29 bits per heavy atom. The number of aliphatic hydroxyl groups excluding tert-OH is 1. The molecule has 0 radical (unpaired) electrons. The molecule has 0 saturated carbocycles. The van der Waals surface area contributed by atoms with Crippen molar-refractivity contribution in [3.05, 3.63) is 29.6 Å². The number of thioether (sulfide) groups is 1. The fraction of sp³-hybridized carbons (Fsp3) is 0.417. The number of esters is 1. The summed E-state index contributed by atoms with van der Waals surface area (Å²) in [5.41, 5.74) is 0.485. The van der Waals surface area contributed by atoms with Gasteiger partial charge in [0.15, 0.2) is 0 Å². The van der Waals surface area contributed by atoms with Gasteiger partial charge in [-0.2, -0.15) is 0 Å². The van der Waals surface area contributed by atoms with Gasteiger partial charge in [0, 0.05) is 4.90 Å². The van der Waals surface area contributed by atoms with Gasteiger partial charge in [0.05, 0.1) is 18.5 Å². The predicted octanol–water partition coefficient (Wildman–Crippen LogP) is 2.53. The molecule has 0 bridgehead atoms. The first kappa shape index (κ1) is 14.0. The van der Waals surface area contributed by atoms with Crippen LogP contribution in [0.5, 0.6) is 0 Å². The third kappa shape index (κ3) is 4.36. The Kier molecular flexibility index (Phi) is 5.44. The molecule has 0 spiro atoms. The molecule has 1 N–H and O–H groups in total. The summed E-state index contributed by atoms with van der Waals surface area (Å²) in [6.07, 6.45) is -0.768. The van der Waals surface area contributed by atoms with E-state index in [2.05, 4.69) is 0 Å². The van der Waals surface area contributed by atoms with Gasteiger partial charge in [0.1, 0.15) is 5.82 Å². The Morgan fingerprint density at radius 1 is 1.59 bits per heavy atom. The zero-order chi connectivity index (χ0) is 12.8. The molecule has 1 atom stereocenters. The lowest BCUT2D eigenvalue weighted by Gasteiger charge is -2.11. The van der Waals surface area contributed by atoms with Crippen LogP contribution in [0.15, 0.2) is 23.1 Å². The van der Waals surface area contributed by atoms with E-state index in [0.29, 0.717) is 17.1 Å². The lowest BCUT2D eigenvalue weighted by Crippen LogP contribution is -2.07. The molecule has 0 aromatic heterocycles. The van der Waals surface area contributed by atoms with E-state index in [9.17, 15) is 14.3 Å². The minimum atomic E-state index is -0.768. The molecule has 17 heavy (non-hydrogen) atoms. The van der Waals surface area contributed by atoms with Gasteiger partial charge >= 0.3 is 5.97 Å². The highest BCUT2D eigenvalue weighted by Crippen LogP contribution is 2.28. The molecular weight excluding hydrogens is 243 g/mol. The number of aliphatic hydroxyl groups is 1. The van der Waals surface area contributed by atoms with Gasteiger partial charge in [-0.15, -0.1) is 11.8 Å². The van der Waals surface area contributed by atoms with Crippen LogP contribution >= 0.6 is 11.8 Å². The molecule has 0 amide bonds. The first-order valence-electron chi connectivity index (χ1n) is 5.30. The number of hydrogen-bond donors (Lipinski definition) is 1. The molecule has 1 aromatic rings. The average molecular weight is 258 g/mol. The third-order valence-electron chi connectivity index (χ3n) is 2.07. The Labute approximate surface area is 104 Å². The van der Waals surface area contributed by atoms with Crippen LogP contribution in [0.25, 0.3) is 0 Å². The normalized spacial score (nSPS) is 12.2. The Morgan fingerprint density at radius 3 is 2.88 bits per heavy atom. The lowest BCUT2D eigenvalue weighted by molar-refractivity contribution is -0.139. The minimum Gasteiger partial charge on any atom is -0.465 e. The number of benzene rings is 1. The molecule has 0 heterocycles. The first-order chi connectivity index (χ1) is 8.04. The molecule has 1 rings (SSSR count). The van der Waals surface area contributed by atoms with E-state index in [1.54, 1.807) is 19.9 Å². The highest BCUT2D eigenvalue weighted by molar-refractivity contribution is 8.00. The number of carbonyl (C=O) groups excluding carboxylic acids is 1. The van der Waals surface area contributed by atoms with Crippen molar-refractivity contribution in [1.82, 2.24) is 0 Å². The van der Waals surface area contributed by atoms with Crippen molar-refractivity contribution in [2.75, 3.05) is 12.4 Å². The first-order valence-corrected chi connectivity index (χ1v) is 6.29. The van der Waals surface area contributed by atoms with E-state index in [-0.39, 0.29) is 11.7 Å². The topological polar surface area (TPSA) is 46.5 Å². The standard InChI is InChI=1S/C12H15FO3S/c1-3-16-12(15)7-17-11-5-4-9(13)6-10(11)8(2)14/h4-6,8,14H,3,7H2,1-2H3. The maximum atomic E-state index is 13.0. The van der Waals surface area contributed by atoms with Crippen molar-refractivity contribution in [3.8, 4) is 0 Å². The fourth-order valence-electron chi connectivity index (χ4n) is 1.32. The molecule has 0 aliphatic carbocycles. The lowest BCUT2D eigenvalue weighted by atomic mass is 10.1. The quantitative estimate of drug-likeness (QED) is 0.651. The minimum absolute atomic E-state index is 0.152. The van der Waals surface area contributed by atoms with Gasteiger partial charge in [-0.05, 0) is 37.6 Å². The van der Waals surface area contributed by atoms with Gasteiger partial charge in [-0.3, -0.25) is 4.79 Å². The summed E-state index contributed by atoms with van der Waals surface area (Å²) in [5, 5.41) is 9.50. The maximum absolute atomic E-state index is 13.0. The van der Waals surface area contributed by atoms with Gasteiger partial charge in [-0.1, -0.05) is 0 Å². The summed E-state index contributed by atoms with van der Waals surface area (Å²) >= 11 is 1.23. The largest absolute Gasteiger partial charge is 0.465 e. The Hall–Kier alpha value is -1.07. The van der Waals surface area contributed by atoms with Gasteiger partial charge in [0.2, 0.25) is 0 Å². The number of halogens is 1. The van der Waals surface area contributed by atoms with Crippen LogP contribution in [0.2, 0.25) is 0 Å². The molecule has 5 heteroatoms. The van der Waals surface area contributed by atoms with Crippen molar-refractivity contribution >= 4 is 17.7 Å². The summed E-state index contributed by atoms with van der Waals surface area (Å²) in [7, 11) is 0. The Bertz CT molecular complexity index is 393. The van der Waals surface area contributed by atoms with Gasteiger partial charge in [-0.25, -0.2) is 4.39 Å². The second-order valence-corrected chi connectivity index (χ2v) is 4.47. The van der Waals surface area contributed by atoms with E-state index < -0.39 is 11.9 Å². The van der Waals surface area contributed by atoms with Crippen LogP contribution in [0.4, 0.5) is 4.39 Å². The second-order valence-electron chi connectivity index (χ2n) is 3.45. The SMILES string of the molecule is CCOC(=O)CSc1ccc(F)cc1C(C)O. The van der Waals surface area contributed by atoms with Crippen molar-refractivity contribution < 1.29 is 19.0 Å². The second kappa shape index (κ2) is 6.61. The number of ether oxygens (including phenoxy) is 1. The van der Waals surface area contributed by atoms with E-state index in [1.807, 2.05) is 0 Å². The van der Waals surface area contributed by atoms with Crippen molar-refractivity contribution in [3.63, 3.8) is 0 Å². The van der Waals surface area contributed by atoms with Crippen LogP contribution in [0.3, 0.4) is 0 Å². The monoisotopic (exact) mass is 258 g/mol. The van der Waals surface area contributed by atoms with E-state index in [1.165, 1.54) is 23.9 Å². The smallest absolute Gasteiger partial charge is 0.316 e. The molecule has 0 aliphatic rings. The highest BCUT2D eigenvalue weighted by Gasteiger charge is 2.11. The van der Waals surface area contributed by atoms with Gasteiger partial charge in [0.25, 0.3) is 0 Å². The summed E-state index contributed by atoms with van der Waals surface area (Å²) in [4.78, 5) is 11.9. The van der Waals surface area contributed by atoms with Gasteiger partial charge < -0.3 is 9.84 Å². The fourth-order valence-corrected chi connectivity index (χ4v) is 2.23. The highest BCUT2D eigenvalue weighted by atomic mass is 32.2. The van der Waals surface area contributed by atoms with Crippen molar-refractivity contribution in [1.29, 1.82) is 0 Å². The average Bonchev–Trinajstić information content (AvgIpc) is 2.27. The van der Waals surface area contributed by atoms with Crippen LogP contribution in [0, 0.1) is 5.82 Å². The van der Waals surface area contributed by atoms with Crippen LogP contribution in [-0.4, -0.2) is 23.4 Å².